The first-order valence-electron chi connectivity index (χ1n) is 5.57. The molecule has 0 saturated carbocycles. The summed E-state index contributed by atoms with van der Waals surface area (Å²) in [5, 5.41) is 0. The summed E-state index contributed by atoms with van der Waals surface area (Å²) >= 11 is 0. The molecule has 0 fully saturated rings. The molecule has 3 nitrogen and oxygen atoms in total. The molecule has 1 unspecified atom stereocenters. The van der Waals surface area contributed by atoms with Gasteiger partial charge in [0.2, 0.25) is 0 Å². The van der Waals surface area contributed by atoms with Gasteiger partial charge in [0, 0.05) is 6.20 Å². The Bertz CT molecular complexity index is 540. The number of nitrogens with one attached hydrogen (secondary N) is 1. The quantitative estimate of drug-likeness (QED) is 0.664. The standard InChI is InChI=1S/C13H12F3N3/c14-13(15,16)10-6-2-1-5-9(10)12(19-17)11-7-3-4-8-18-11/h1-8,12,19H,17H2. The van der Waals surface area contributed by atoms with Crippen molar-refractivity contribution in [3.8, 4) is 0 Å². The number of pyridine rings is 1. The summed E-state index contributed by atoms with van der Waals surface area (Å²) in [6, 6.07) is 9.51. The lowest BCUT2D eigenvalue weighted by molar-refractivity contribution is -0.138. The molecule has 19 heavy (non-hydrogen) atoms. The number of nitrogens with zero attached hydrogens (tertiary/aromatic N) is 1. The van der Waals surface area contributed by atoms with E-state index in [0.717, 1.165) is 6.07 Å². The van der Waals surface area contributed by atoms with Crippen LogP contribution in [0.1, 0.15) is 22.9 Å². The van der Waals surface area contributed by atoms with E-state index >= 15 is 0 Å². The van der Waals surface area contributed by atoms with Crippen LogP contribution in [0.4, 0.5) is 13.2 Å². The molecule has 0 saturated heterocycles. The van der Waals surface area contributed by atoms with Crippen LogP contribution < -0.4 is 11.3 Å². The molecular formula is C13H12F3N3. The Kier molecular flexibility index (Phi) is 3.82. The highest BCUT2D eigenvalue weighted by atomic mass is 19.4. The molecular weight excluding hydrogens is 255 g/mol. The van der Waals surface area contributed by atoms with Gasteiger partial charge in [-0.15, -0.1) is 0 Å². The summed E-state index contributed by atoms with van der Waals surface area (Å²) in [5.74, 6) is 5.39. The first-order chi connectivity index (χ1) is 9.04. The molecule has 3 N–H and O–H groups in total. The van der Waals surface area contributed by atoms with Crippen molar-refractivity contribution in [1.29, 1.82) is 0 Å². The van der Waals surface area contributed by atoms with E-state index in [-0.39, 0.29) is 5.56 Å². The summed E-state index contributed by atoms with van der Waals surface area (Å²) in [4.78, 5) is 4.04. The van der Waals surface area contributed by atoms with Gasteiger partial charge in [-0.05, 0) is 23.8 Å². The average molecular weight is 267 g/mol. The molecule has 0 amide bonds. The summed E-state index contributed by atoms with van der Waals surface area (Å²) < 4.78 is 38.9. The van der Waals surface area contributed by atoms with Crippen molar-refractivity contribution in [3.63, 3.8) is 0 Å². The van der Waals surface area contributed by atoms with E-state index in [1.54, 1.807) is 18.2 Å². The molecule has 1 heterocycles. The van der Waals surface area contributed by atoms with Crippen LogP contribution in [0.2, 0.25) is 0 Å². The minimum absolute atomic E-state index is 0.0520. The first kappa shape index (κ1) is 13.5. The fraction of sp³-hybridized carbons (Fsp3) is 0.154. The number of halogens is 3. The highest BCUT2D eigenvalue weighted by Gasteiger charge is 2.35. The highest BCUT2D eigenvalue weighted by Crippen LogP contribution is 2.35. The molecule has 1 aromatic carbocycles. The number of nitrogens with two attached hydrogens (primary N) is 1. The number of hydrazine groups is 1. The van der Waals surface area contributed by atoms with Crippen molar-refractivity contribution in [2.24, 2.45) is 5.84 Å². The van der Waals surface area contributed by atoms with Crippen LogP contribution in [0.3, 0.4) is 0 Å². The zero-order chi connectivity index (χ0) is 13.9. The van der Waals surface area contributed by atoms with Crippen molar-refractivity contribution < 1.29 is 13.2 Å². The monoisotopic (exact) mass is 267 g/mol. The van der Waals surface area contributed by atoms with Crippen molar-refractivity contribution in [3.05, 3.63) is 65.5 Å². The van der Waals surface area contributed by atoms with Gasteiger partial charge >= 0.3 is 6.18 Å². The molecule has 0 aliphatic rings. The van der Waals surface area contributed by atoms with Crippen LogP contribution >= 0.6 is 0 Å². The molecule has 0 bridgehead atoms. The second-order valence-electron chi connectivity index (χ2n) is 3.94. The summed E-state index contributed by atoms with van der Waals surface area (Å²) in [5.41, 5.74) is 2.15. The van der Waals surface area contributed by atoms with Gasteiger partial charge in [0.25, 0.3) is 0 Å². The lowest BCUT2D eigenvalue weighted by Crippen LogP contribution is -2.31. The van der Waals surface area contributed by atoms with Gasteiger partial charge < -0.3 is 0 Å². The molecule has 0 spiro atoms. The van der Waals surface area contributed by atoms with E-state index in [9.17, 15) is 13.2 Å². The van der Waals surface area contributed by atoms with Crippen LogP contribution in [0.25, 0.3) is 0 Å². The topological polar surface area (TPSA) is 50.9 Å². The minimum atomic E-state index is -4.43. The van der Waals surface area contributed by atoms with E-state index in [1.807, 2.05) is 0 Å². The van der Waals surface area contributed by atoms with E-state index in [0.29, 0.717) is 5.69 Å². The highest BCUT2D eigenvalue weighted by molar-refractivity contribution is 5.36. The van der Waals surface area contributed by atoms with Crippen LogP contribution in [-0.4, -0.2) is 4.98 Å². The third-order valence-corrected chi connectivity index (χ3v) is 2.73. The maximum absolute atomic E-state index is 13.0. The van der Waals surface area contributed by atoms with Crippen LogP contribution in [0.15, 0.2) is 48.7 Å². The van der Waals surface area contributed by atoms with E-state index in [1.165, 1.54) is 24.4 Å². The summed E-state index contributed by atoms with van der Waals surface area (Å²) in [7, 11) is 0. The van der Waals surface area contributed by atoms with Gasteiger partial charge in [-0.25, -0.2) is 5.43 Å². The Morgan fingerprint density at radius 3 is 2.32 bits per heavy atom. The smallest absolute Gasteiger partial charge is 0.271 e. The Morgan fingerprint density at radius 1 is 1.05 bits per heavy atom. The lowest BCUT2D eigenvalue weighted by atomic mass is 9.97. The van der Waals surface area contributed by atoms with E-state index in [2.05, 4.69) is 10.4 Å². The van der Waals surface area contributed by atoms with Crippen LogP contribution in [-0.2, 0) is 6.18 Å². The zero-order valence-electron chi connectivity index (χ0n) is 9.85. The molecule has 2 aromatic rings. The van der Waals surface area contributed by atoms with Crippen molar-refractivity contribution in [2.45, 2.75) is 12.2 Å². The Morgan fingerprint density at radius 2 is 1.74 bits per heavy atom. The molecule has 1 aromatic heterocycles. The number of hydrogen-bond acceptors (Lipinski definition) is 3. The van der Waals surface area contributed by atoms with Gasteiger partial charge in [-0.3, -0.25) is 10.8 Å². The number of rotatable bonds is 3. The summed E-state index contributed by atoms with van der Waals surface area (Å²) in [6.45, 7) is 0. The third-order valence-electron chi connectivity index (χ3n) is 2.73. The molecule has 0 aliphatic heterocycles. The van der Waals surface area contributed by atoms with Gasteiger partial charge in [0.15, 0.2) is 0 Å². The lowest BCUT2D eigenvalue weighted by Gasteiger charge is -2.20. The number of aromatic nitrogens is 1. The third kappa shape index (κ3) is 2.91. The van der Waals surface area contributed by atoms with Crippen LogP contribution in [0.5, 0.6) is 0 Å². The van der Waals surface area contributed by atoms with Crippen molar-refractivity contribution >= 4 is 0 Å². The molecule has 0 aliphatic carbocycles. The minimum Gasteiger partial charge on any atom is -0.271 e. The van der Waals surface area contributed by atoms with Crippen LogP contribution in [0, 0.1) is 0 Å². The number of benzene rings is 1. The van der Waals surface area contributed by atoms with Gasteiger partial charge in [0.1, 0.15) is 0 Å². The molecule has 100 valence electrons. The second-order valence-corrected chi connectivity index (χ2v) is 3.94. The molecule has 6 heteroatoms. The second kappa shape index (κ2) is 5.38. The van der Waals surface area contributed by atoms with Gasteiger partial charge in [-0.1, -0.05) is 24.3 Å². The first-order valence-corrected chi connectivity index (χ1v) is 5.57. The zero-order valence-corrected chi connectivity index (χ0v) is 9.85. The van der Waals surface area contributed by atoms with E-state index in [4.69, 9.17) is 5.84 Å². The average Bonchev–Trinajstić information content (AvgIpc) is 2.40. The SMILES string of the molecule is NNC(c1ccccn1)c1ccccc1C(F)(F)F. The largest absolute Gasteiger partial charge is 0.416 e. The molecule has 0 radical (unpaired) electrons. The van der Waals surface area contributed by atoms with Crippen molar-refractivity contribution in [2.75, 3.05) is 0 Å². The number of hydrogen-bond donors (Lipinski definition) is 2. The van der Waals surface area contributed by atoms with E-state index < -0.39 is 17.8 Å². The fourth-order valence-corrected chi connectivity index (χ4v) is 1.89. The van der Waals surface area contributed by atoms with Crippen molar-refractivity contribution in [1.82, 2.24) is 10.4 Å². The maximum atomic E-state index is 13.0. The summed E-state index contributed by atoms with van der Waals surface area (Å²) in [6.07, 6.45) is -2.92. The Labute approximate surface area is 108 Å². The molecule has 1 atom stereocenters. The predicted octanol–water partition coefficient (Wildman–Crippen LogP) is 2.65. The Balaban J connectivity index is 2.51. The number of alkyl halides is 3. The maximum Gasteiger partial charge on any atom is 0.416 e. The fourth-order valence-electron chi connectivity index (χ4n) is 1.89. The Hall–Kier alpha value is -1.92. The normalized spacial score (nSPS) is 13.3. The van der Waals surface area contributed by atoms with Gasteiger partial charge in [0.05, 0.1) is 17.3 Å². The predicted molar refractivity (Wildman–Crippen MR) is 64.8 cm³/mol. The molecule has 2 rings (SSSR count). The van der Waals surface area contributed by atoms with Gasteiger partial charge in [-0.2, -0.15) is 13.2 Å².